The van der Waals surface area contributed by atoms with Crippen LogP contribution in [0.25, 0.3) is 16.6 Å². The highest BCUT2D eigenvalue weighted by Gasteiger charge is 2.24. The maximum absolute atomic E-state index is 13.1. The lowest BCUT2D eigenvalue weighted by Crippen LogP contribution is -2.42. The summed E-state index contributed by atoms with van der Waals surface area (Å²) in [5, 5.41) is 7.51. The van der Waals surface area contributed by atoms with Gasteiger partial charge in [0, 0.05) is 18.2 Å². The molecule has 0 saturated heterocycles. The number of benzene rings is 1. The Morgan fingerprint density at radius 1 is 1.20 bits per heavy atom. The highest BCUT2D eigenvalue weighted by molar-refractivity contribution is 5.83. The second-order valence-electron chi connectivity index (χ2n) is 7.69. The van der Waals surface area contributed by atoms with Gasteiger partial charge >= 0.3 is 0 Å². The Kier molecular flexibility index (Phi) is 5.44. The van der Waals surface area contributed by atoms with Gasteiger partial charge in [0.05, 0.1) is 11.8 Å². The van der Waals surface area contributed by atoms with E-state index in [1.165, 1.54) is 10.2 Å². The number of hydrogen-bond acceptors (Lipinski definition) is 4. The Bertz CT molecular complexity index is 1240. The number of carbonyl (C=O) groups is 1. The van der Waals surface area contributed by atoms with Gasteiger partial charge in [-0.25, -0.2) is 4.68 Å². The van der Waals surface area contributed by atoms with Crippen molar-refractivity contribution in [1.82, 2.24) is 19.5 Å². The SMILES string of the molecule is CC[C@@H](C(=O)N[C@@H](C)CCc1ccccc1)n1nc(C)n2c(cc3occc32)c1=O. The van der Waals surface area contributed by atoms with E-state index < -0.39 is 6.04 Å². The van der Waals surface area contributed by atoms with Gasteiger partial charge in [-0.2, -0.15) is 5.10 Å². The van der Waals surface area contributed by atoms with Gasteiger partial charge in [-0.1, -0.05) is 37.3 Å². The molecule has 0 fully saturated rings. The smallest absolute Gasteiger partial charge is 0.291 e. The Morgan fingerprint density at radius 3 is 2.70 bits per heavy atom. The van der Waals surface area contributed by atoms with Crippen molar-refractivity contribution < 1.29 is 9.21 Å². The zero-order valence-electron chi connectivity index (χ0n) is 17.5. The molecular formula is C23H26N4O3. The molecule has 0 bridgehead atoms. The third-order valence-corrected chi connectivity index (χ3v) is 5.51. The lowest BCUT2D eigenvalue weighted by atomic mass is 10.1. The van der Waals surface area contributed by atoms with E-state index in [1.807, 2.05) is 39.0 Å². The minimum absolute atomic E-state index is 0.0112. The molecule has 0 spiro atoms. The predicted octanol–water partition coefficient (Wildman–Crippen LogP) is 3.64. The summed E-state index contributed by atoms with van der Waals surface area (Å²) in [6.45, 7) is 5.69. The Balaban J connectivity index is 1.55. The van der Waals surface area contributed by atoms with Crippen LogP contribution in [0.4, 0.5) is 0 Å². The lowest BCUT2D eigenvalue weighted by molar-refractivity contribution is -0.125. The molecule has 0 aliphatic rings. The van der Waals surface area contributed by atoms with Gasteiger partial charge in [0.1, 0.15) is 17.4 Å². The van der Waals surface area contributed by atoms with Crippen LogP contribution >= 0.6 is 0 Å². The average Bonchev–Trinajstić information content (AvgIpc) is 3.33. The minimum atomic E-state index is -0.665. The second-order valence-corrected chi connectivity index (χ2v) is 7.69. The molecule has 3 aromatic heterocycles. The van der Waals surface area contributed by atoms with Gasteiger partial charge < -0.3 is 9.73 Å². The van der Waals surface area contributed by atoms with Crippen LogP contribution in [-0.2, 0) is 11.2 Å². The fourth-order valence-electron chi connectivity index (χ4n) is 3.91. The van der Waals surface area contributed by atoms with Crippen molar-refractivity contribution >= 4 is 22.5 Å². The van der Waals surface area contributed by atoms with E-state index in [9.17, 15) is 9.59 Å². The maximum Gasteiger partial charge on any atom is 0.291 e. The summed E-state index contributed by atoms with van der Waals surface area (Å²) in [5.74, 6) is 0.441. The molecule has 7 heteroatoms. The maximum atomic E-state index is 13.1. The first-order valence-electron chi connectivity index (χ1n) is 10.3. The van der Waals surface area contributed by atoms with Gasteiger partial charge in [0.15, 0.2) is 5.58 Å². The van der Waals surface area contributed by atoms with Crippen LogP contribution < -0.4 is 10.9 Å². The Labute approximate surface area is 174 Å². The van der Waals surface area contributed by atoms with E-state index in [0.29, 0.717) is 23.3 Å². The molecule has 0 aliphatic heterocycles. The highest BCUT2D eigenvalue weighted by atomic mass is 16.3. The third-order valence-electron chi connectivity index (χ3n) is 5.51. The standard InChI is InChI=1S/C23H26N4O3/c1-4-18(22(28)24-15(2)10-11-17-8-6-5-7-9-17)27-23(29)20-14-21-19(12-13-30-21)26(20)16(3)25-27/h5-9,12-15,18H,4,10-11H2,1-3H3,(H,24,28)/t15-,18-/m0/s1. The monoisotopic (exact) mass is 406 g/mol. The van der Waals surface area contributed by atoms with Crippen LogP contribution in [0.1, 0.15) is 44.1 Å². The number of nitrogens with zero attached hydrogens (tertiary/aromatic N) is 3. The molecule has 1 amide bonds. The first-order valence-corrected chi connectivity index (χ1v) is 10.3. The molecule has 4 rings (SSSR count). The molecule has 3 heterocycles. The molecule has 0 aliphatic carbocycles. The third kappa shape index (κ3) is 3.63. The van der Waals surface area contributed by atoms with Crippen LogP contribution in [-0.4, -0.2) is 26.1 Å². The zero-order chi connectivity index (χ0) is 21.3. The highest BCUT2D eigenvalue weighted by Crippen LogP contribution is 2.21. The van der Waals surface area contributed by atoms with E-state index in [-0.39, 0.29) is 17.5 Å². The van der Waals surface area contributed by atoms with Crippen LogP contribution in [0.5, 0.6) is 0 Å². The van der Waals surface area contributed by atoms with Crippen LogP contribution in [0.3, 0.4) is 0 Å². The Morgan fingerprint density at radius 2 is 1.97 bits per heavy atom. The van der Waals surface area contributed by atoms with Gasteiger partial charge in [-0.05, 0) is 38.7 Å². The number of hydrogen-bond donors (Lipinski definition) is 1. The van der Waals surface area contributed by atoms with Crippen molar-refractivity contribution in [2.24, 2.45) is 0 Å². The predicted molar refractivity (Wildman–Crippen MR) is 116 cm³/mol. The summed E-state index contributed by atoms with van der Waals surface area (Å²) in [7, 11) is 0. The summed E-state index contributed by atoms with van der Waals surface area (Å²) in [6.07, 6.45) is 3.75. The minimum Gasteiger partial charge on any atom is -0.463 e. The summed E-state index contributed by atoms with van der Waals surface area (Å²) in [5.41, 5.74) is 2.82. The molecule has 2 atom stereocenters. The fraction of sp³-hybridized carbons (Fsp3) is 0.348. The number of fused-ring (bicyclic) bond motifs is 3. The molecule has 0 unspecified atom stereocenters. The van der Waals surface area contributed by atoms with E-state index >= 15 is 0 Å². The van der Waals surface area contributed by atoms with Gasteiger partial charge in [0.25, 0.3) is 5.56 Å². The van der Waals surface area contributed by atoms with Crippen LogP contribution in [0, 0.1) is 6.92 Å². The molecule has 156 valence electrons. The van der Waals surface area contributed by atoms with Crippen molar-refractivity contribution in [2.75, 3.05) is 0 Å². The van der Waals surface area contributed by atoms with Crippen molar-refractivity contribution in [3.8, 4) is 0 Å². The first kappa shape index (κ1) is 19.9. The normalized spacial score (nSPS) is 13.6. The fourth-order valence-corrected chi connectivity index (χ4v) is 3.91. The second kappa shape index (κ2) is 8.18. The van der Waals surface area contributed by atoms with E-state index in [4.69, 9.17) is 4.42 Å². The van der Waals surface area contributed by atoms with Crippen molar-refractivity contribution in [3.63, 3.8) is 0 Å². The first-order chi connectivity index (χ1) is 14.5. The van der Waals surface area contributed by atoms with Gasteiger partial charge in [-0.15, -0.1) is 0 Å². The number of furan rings is 1. The molecule has 1 N–H and O–H groups in total. The number of amides is 1. The van der Waals surface area contributed by atoms with E-state index in [2.05, 4.69) is 22.5 Å². The number of aromatic nitrogens is 3. The zero-order valence-corrected chi connectivity index (χ0v) is 17.5. The number of rotatable bonds is 7. The molecule has 4 aromatic rings. The van der Waals surface area contributed by atoms with Crippen molar-refractivity contribution in [3.05, 3.63) is 70.5 Å². The molecule has 30 heavy (non-hydrogen) atoms. The topological polar surface area (TPSA) is 81.5 Å². The van der Waals surface area contributed by atoms with Crippen molar-refractivity contribution in [1.29, 1.82) is 0 Å². The molecule has 0 radical (unpaired) electrons. The number of carbonyl (C=O) groups excluding carboxylic acids is 1. The van der Waals surface area contributed by atoms with Crippen molar-refractivity contribution in [2.45, 2.75) is 52.1 Å². The quantitative estimate of drug-likeness (QED) is 0.508. The number of aryl methyl sites for hydroxylation is 2. The van der Waals surface area contributed by atoms with E-state index in [0.717, 1.165) is 18.4 Å². The van der Waals surface area contributed by atoms with E-state index in [1.54, 1.807) is 22.8 Å². The Hall–Kier alpha value is -3.35. The molecule has 0 saturated carbocycles. The largest absolute Gasteiger partial charge is 0.463 e. The summed E-state index contributed by atoms with van der Waals surface area (Å²) >= 11 is 0. The summed E-state index contributed by atoms with van der Waals surface area (Å²) in [4.78, 5) is 26.1. The summed E-state index contributed by atoms with van der Waals surface area (Å²) in [6, 6.07) is 13.0. The lowest BCUT2D eigenvalue weighted by Gasteiger charge is -2.21. The molecule has 1 aromatic carbocycles. The van der Waals surface area contributed by atoms with Crippen LogP contribution in [0.2, 0.25) is 0 Å². The molecule has 7 nitrogen and oxygen atoms in total. The summed E-state index contributed by atoms with van der Waals surface area (Å²) < 4.78 is 8.50. The number of nitrogens with one attached hydrogen (secondary N) is 1. The van der Waals surface area contributed by atoms with Crippen LogP contribution in [0.15, 0.2) is 57.9 Å². The van der Waals surface area contributed by atoms with Gasteiger partial charge in [-0.3, -0.25) is 14.0 Å². The average molecular weight is 406 g/mol. The van der Waals surface area contributed by atoms with Gasteiger partial charge in [0.2, 0.25) is 5.91 Å². The molecular weight excluding hydrogens is 380 g/mol.